The standard InChI is InChI=1S/C9H12N2O2/c1-6-7(2)10-5-11(9(6)12)3-8-4-13-8/h5,8H,3-4H2,1-2H3. The van der Waals surface area contributed by atoms with E-state index in [1.165, 1.54) is 0 Å². The van der Waals surface area contributed by atoms with E-state index in [-0.39, 0.29) is 11.7 Å². The Labute approximate surface area is 76.2 Å². The molecule has 2 rings (SSSR count). The quantitative estimate of drug-likeness (QED) is 0.613. The highest BCUT2D eigenvalue weighted by molar-refractivity contribution is 5.12. The van der Waals surface area contributed by atoms with Crippen molar-refractivity contribution in [3.63, 3.8) is 0 Å². The van der Waals surface area contributed by atoms with Crippen LogP contribution in [0.15, 0.2) is 11.1 Å². The van der Waals surface area contributed by atoms with E-state index in [9.17, 15) is 4.79 Å². The van der Waals surface area contributed by atoms with Crippen LogP contribution in [-0.4, -0.2) is 22.3 Å². The van der Waals surface area contributed by atoms with E-state index < -0.39 is 0 Å². The first-order chi connectivity index (χ1) is 6.18. The molecule has 4 heteroatoms. The maximum atomic E-state index is 11.6. The molecule has 0 bridgehead atoms. The molecule has 0 radical (unpaired) electrons. The van der Waals surface area contributed by atoms with Gasteiger partial charge >= 0.3 is 0 Å². The topological polar surface area (TPSA) is 47.4 Å². The van der Waals surface area contributed by atoms with Crippen molar-refractivity contribution in [2.24, 2.45) is 0 Å². The van der Waals surface area contributed by atoms with Crippen LogP contribution in [0, 0.1) is 13.8 Å². The minimum absolute atomic E-state index is 0.0444. The van der Waals surface area contributed by atoms with Gasteiger partial charge in [-0.15, -0.1) is 0 Å². The maximum absolute atomic E-state index is 11.6. The maximum Gasteiger partial charge on any atom is 0.256 e. The molecule has 1 saturated heterocycles. The Bertz CT molecular complexity index is 380. The van der Waals surface area contributed by atoms with E-state index in [0.717, 1.165) is 17.9 Å². The summed E-state index contributed by atoms with van der Waals surface area (Å²) in [5.41, 5.74) is 1.57. The molecule has 13 heavy (non-hydrogen) atoms. The number of hydrogen-bond donors (Lipinski definition) is 0. The first-order valence-electron chi connectivity index (χ1n) is 4.32. The molecule has 0 amide bonds. The third kappa shape index (κ3) is 1.62. The minimum Gasteiger partial charge on any atom is -0.371 e. The molecular formula is C9H12N2O2. The molecule has 1 aliphatic heterocycles. The Morgan fingerprint density at radius 2 is 2.38 bits per heavy atom. The molecule has 0 aromatic carbocycles. The van der Waals surface area contributed by atoms with Crippen molar-refractivity contribution in [3.8, 4) is 0 Å². The molecule has 0 saturated carbocycles. The lowest BCUT2D eigenvalue weighted by Gasteiger charge is -2.04. The molecule has 0 N–H and O–H groups in total. The molecule has 1 fully saturated rings. The smallest absolute Gasteiger partial charge is 0.256 e. The highest BCUT2D eigenvalue weighted by atomic mass is 16.6. The van der Waals surface area contributed by atoms with Crippen LogP contribution in [0.2, 0.25) is 0 Å². The summed E-state index contributed by atoms with van der Waals surface area (Å²) in [5, 5.41) is 0. The minimum atomic E-state index is 0.0444. The van der Waals surface area contributed by atoms with Crippen LogP contribution in [0.3, 0.4) is 0 Å². The number of nitrogens with zero attached hydrogens (tertiary/aromatic N) is 2. The molecular weight excluding hydrogens is 168 g/mol. The van der Waals surface area contributed by atoms with Gasteiger partial charge in [0.05, 0.1) is 25.6 Å². The van der Waals surface area contributed by atoms with Crippen molar-refractivity contribution in [1.82, 2.24) is 9.55 Å². The normalized spacial score (nSPS) is 20.3. The number of hydrogen-bond acceptors (Lipinski definition) is 3. The van der Waals surface area contributed by atoms with Gasteiger partial charge in [0.2, 0.25) is 0 Å². The van der Waals surface area contributed by atoms with Crippen LogP contribution >= 0.6 is 0 Å². The van der Waals surface area contributed by atoms with Gasteiger partial charge < -0.3 is 4.74 Å². The predicted octanol–water partition coefficient (Wildman–Crippen LogP) is 0.259. The summed E-state index contributed by atoms with van der Waals surface area (Å²) in [6, 6.07) is 0. The lowest BCUT2D eigenvalue weighted by molar-refractivity contribution is 0.378. The van der Waals surface area contributed by atoms with E-state index >= 15 is 0 Å². The highest BCUT2D eigenvalue weighted by Crippen LogP contribution is 2.10. The van der Waals surface area contributed by atoms with Crippen molar-refractivity contribution < 1.29 is 4.74 Å². The number of rotatable bonds is 2. The number of aromatic nitrogens is 2. The Hall–Kier alpha value is -1.16. The van der Waals surface area contributed by atoms with Gasteiger partial charge in [0.25, 0.3) is 5.56 Å². The molecule has 2 heterocycles. The first kappa shape index (κ1) is 8.44. The molecule has 0 spiro atoms. The summed E-state index contributed by atoms with van der Waals surface area (Å²) in [4.78, 5) is 15.7. The van der Waals surface area contributed by atoms with Crippen molar-refractivity contribution in [3.05, 3.63) is 27.9 Å². The second kappa shape index (κ2) is 2.96. The van der Waals surface area contributed by atoms with Crippen molar-refractivity contribution in [2.45, 2.75) is 26.5 Å². The zero-order valence-corrected chi connectivity index (χ0v) is 7.78. The van der Waals surface area contributed by atoms with E-state index in [2.05, 4.69) is 4.98 Å². The van der Waals surface area contributed by atoms with Crippen molar-refractivity contribution >= 4 is 0 Å². The van der Waals surface area contributed by atoms with Gasteiger partial charge in [0, 0.05) is 11.3 Å². The summed E-state index contributed by atoms with van der Waals surface area (Å²) in [6.07, 6.45) is 1.81. The van der Waals surface area contributed by atoms with Crippen LogP contribution < -0.4 is 5.56 Å². The predicted molar refractivity (Wildman–Crippen MR) is 47.7 cm³/mol. The van der Waals surface area contributed by atoms with Gasteiger partial charge in [-0.3, -0.25) is 9.36 Å². The zero-order chi connectivity index (χ0) is 9.42. The Morgan fingerprint density at radius 1 is 1.69 bits per heavy atom. The van der Waals surface area contributed by atoms with Gasteiger partial charge in [-0.25, -0.2) is 4.98 Å². The van der Waals surface area contributed by atoms with Gasteiger partial charge in [0.1, 0.15) is 0 Å². The van der Waals surface area contributed by atoms with Gasteiger partial charge in [-0.2, -0.15) is 0 Å². The van der Waals surface area contributed by atoms with Crippen LogP contribution in [0.1, 0.15) is 11.3 Å². The molecule has 1 aromatic rings. The van der Waals surface area contributed by atoms with Gasteiger partial charge in [-0.05, 0) is 13.8 Å². The lowest BCUT2D eigenvalue weighted by atomic mass is 10.3. The fourth-order valence-electron chi connectivity index (χ4n) is 1.20. The van der Waals surface area contributed by atoms with E-state index in [4.69, 9.17) is 4.74 Å². The number of aryl methyl sites for hydroxylation is 1. The second-order valence-corrected chi connectivity index (χ2v) is 3.37. The number of epoxide rings is 1. The zero-order valence-electron chi connectivity index (χ0n) is 7.78. The fourth-order valence-corrected chi connectivity index (χ4v) is 1.20. The molecule has 0 aliphatic carbocycles. The number of ether oxygens (including phenoxy) is 1. The first-order valence-corrected chi connectivity index (χ1v) is 4.32. The van der Waals surface area contributed by atoms with Crippen LogP contribution in [0.5, 0.6) is 0 Å². The average Bonchev–Trinajstić information content (AvgIpc) is 2.90. The largest absolute Gasteiger partial charge is 0.371 e. The van der Waals surface area contributed by atoms with Crippen LogP contribution in [0.4, 0.5) is 0 Å². The summed E-state index contributed by atoms with van der Waals surface area (Å²) < 4.78 is 6.66. The third-order valence-electron chi connectivity index (χ3n) is 2.32. The van der Waals surface area contributed by atoms with Crippen LogP contribution in [-0.2, 0) is 11.3 Å². The van der Waals surface area contributed by atoms with E-state index in [1.807, 2.05) is 6.92 Å². The Kier molecular flexibility index (Phi) is 1.92. The second-order valence-electron chi connectivity index (χ2n) is 3.37. The Balaban J connectivity index is 2.35. The summed E-state index contributed by atoms with van der Waals surface area (Å²) in [6.45, 7) is 5.04. The molecule has 1 aliphatic rings. The van der Waals surface area contributed by atoms with E-state index in [1.54, 1.807) is 17.8 Å². The van der Waals surface area contributed by atoms with Crippen molar-refractivity contribution in [2.75, 3.05) is 6.61 Å². The fraction of sp³-hybridized carbons (Fsp3) is 0.556. The van der Waals surface area contributed by atoms with Gasteiger partial charge in [0.15, 0.2) is 0 Å². The summed E-state index contributed by atoms with van der Waals surface area (Å²) >= 11 is 0. The molecule has 1 unspecified atom stereocenters. The monoisotopic (exact) mass is 180 g/mol. The highest BCUT2D eigenvalue weighted by Gasteiger charge is 2.23. The van der Waals surface area contributed by atoms with Crippen molar-refractivity contribution in [1.29, 1.82) is 0 Å². The lowest BCUT2D eigenvalue weighted by Crippen LogP contribution is -2.25. The SMILES string of the molecule is Cc1ncn(CC2CO2)c(=O)c1C. The summed E-state index contributed by atoms with van der Waals surface area (Å²) in [5.74, 6) is 0. The molecule has 70 valence electrons. The third-order valence-corrected chi connectivity index (χ3v) is 2.32. The van der Waals surface area contributed by atoms with Crippen LogP contribution in [0.25, 0.3) is 0 Å². The van der Waals surface area contributed by atoms with Gasteiger partial charge in [-0.1, -0.05) is 0 Å². The Morgan fingerprint density at radius 3 is 3.00 bits per heavy atom. The average molecular weight is 180 g/mol. The summed E-state index contributed by atoms with van der Waals surface area (Å²) in [7, 11) is 0. The molecule has 1 atom stereocenters. The molecule has 1 aromatic heterocycles. The van der Waals surface area contributed by atoms with E-state index in [0.29, 0.717) is 6.54 Å². The molecule has 4 nitrogen and oxygen atoms in total.